The van der Waals surface area contributed by atoms with Crippen molar-refractivity contribution in [2.45, 2.75) is 38.5 Å². The third-order valence-electron chi connectivity index (χ3n) is 3.25. The van der Waals surface area contributed by atoms with Gasteiger partial charge in [-0.05, 0) is 18.8 Å². The Morgan fingerprint density at radius 2 is 1.93 bits per heavy atom. The molecule has 0 radical (unpaired) electrons. The molecule has 1 aliphatic carbocycles. The topological polar surface area (TPSA) is 61.5 Å². The third-order valence-corrected chi connectivity index (χ3v) is 3.25. The lowest BCUT2D eigenvalue weighted by molar-refractivity contribution is -0.150. The van der Waals surface area contributed by atoms with Gasteiger partial charge in [-0.15, -0.1) is 0 Å². The Morgan fingerprint density at radius 3 is 2.40 bits per heavy atom. The predicted octanol–water partition coefficient (Wildman–Crippen LogP) is 1.64. The molecule has 2 N–H and O–H groups in total. The van der Waals surface area contributed by atoms with E-state index in [1.54, 1.807) is 0 Å². The van der Waals surface area contributed by atoms with Gasteiger partial charge in [-0.2, -0.15) is 0 Å². The minimum Gasteiger partial charge on any atom is -0.469 e. The molecule has 1 rings (SSSR count). The van der Waals surface area contributed by atoms with Gasteiger partial charge in [0.1, 0.15) is 0 Å². The summed E-state index contributed by atoms with van der Waals surface area (Å²) in [4.78, 5) is 16.2. The molecule has 1 unspecified atom stereocenters. The van der Waals surface area contributed by atoms with Crippen LogP contribution in [0.3, 0.4) is 0 Å². The van der Waals surface area contributed by atoms with Crippen LogP contribution in [0.1, 0.15) is 38.5 Å². The van der Waals surface area contributed by atoms with E-state index in [0.717, 1.165) is 12.8 Å². The van der Waals surface area contributed by atoms with E-state index < -0.39 is 0 Å². The van der Waals surface area contributed by atoms with E-state index >= 15 is 0 Å². The first-order valence-electron chi connectivity index (χ1n) is 5.69. The molecule has 4 nitrogen and oxygen atoms in total. The maximum atomic E-state index is 11.6. The predicted molar refractivity (Wildman–Crippen MR) is 56.8 cm³/mol. The van der Waals surface area contributed by atoms with Gasteiger partial charge in [0.05, 0.1) is 19.6 Å². The van der Waals surface area contributed by atoms with Crippen LogP contribution in [-0.2, 0) is 14.4 Å². The maximum Gasteiger partial charge on any atom is 0.311 e. The molecular weight excluding hydrogens is 194 g/mol. The van der Waals surface area contributed by atoms with Gasteiger partial charge >= 0.3 is 5.97 Å². The molecule has 0 spiro atoms. The minimum atomic E-state index is -0.188. The highest BCUT2D eigenvalue weighted by molar-refractivity contribution is 5.72. The van der Waals surface area contributed by atoms with E-state index in [-0.39, 0.29) is 18.5 Å². The second kappa shape index (κ2) is 6.80. The van der Waals surface area contributed by atoms with E-state index in [0.29, 0.717) is 5.92 Å². The summed E-state index contributed by atoms with van der Waals surface area (Å²) in [6.45, 7) is 0.275. The van der Waals surface area contributed by atoms with Gasteiger partial charge in [0.25, 0.3) is 0 Å². The van der Waals surface area contributed by atoms with Crippen molar-refractivity contribution in [1.82, 2.24) is 0 Å². The quantitative estimate of drug-likeness (QED) is 0.440. The number of ether oxygens (including phenoxy) is 1. The number of nitrogens with two attached hydrogens (primary N) is 1. The Labute approximate surface area is 91.1 Å². The Balaban J connectivity index is 2.55. The molecule has 4 heteroatoms. The van der Waals surface area contributed by atoms with Crippen molar-refractivity contribution in [2.75, 3.05) is 13.7 Å². The van der Waals surface area contributed by atoms with Crippen molar-refractivity contribution in [2.24, 2.45) is 17.7 Å². The van der Waals surface area contributed by atoms with Crippen LogP contribution in [0.15, 0.2) is 0 Å². The number of hydrogen-bond donors (Lipinski definition) is 1. The number of carbonyl (C=O) groups excluding carboxylic acids is 1. The summed E-state index contributed by atoms with van der Waals surface area (Å²) in [6, 6.07) is 0. The molecule has 15 heavy (non-hydrogen) atoms. The molecule has 1 fully saturated rings. The molecule has 0 aliphatic heterocycles. The Bertz CT molecular complexity index is 188. The summed E-state index contributed by atoms with van der Waals surface area (Å²) in [6.07, 6.45) is 7.11. The molecule has 0 amide bonds. The summed E-state index contributed by atoms with van der Waals surface area (Å²) in [5.41, 5.74) is 0. The largest absolute Gasteiger partial charge is 0.469 e. The van der Waals surface area contributed by atoms with Crippen LogP contribution >= 0.6 is 0 Å². The highest BCUT2D eigenvalue weighted by Crippen LogP contribution is 2.29. The molecule has 88 valence electrons. The molecule has 0 aromatic rings. The van der Waals surface area contributed by atoms with Gasteiger partial charge in [-0.3, -0.25) is 4.79 Å². The molecule has 0 saturated heterocycles. The van der Waals surface area contributed by atoms with Crippen molar-refractivity contribution < 1.29 is 14.4 Å². The van der Waals surface area contributed by atoms with Gasteiger partial charge in [0.2, 0.25) is 0 Å². The molecular formula is C11H21NO3. The zero-order valence-electron chi connectivity index (χ0n) is 9.41. The summed E-state index contributed by atoms with van der Waals surface area (Å²) in [7, 11) is 1.42. The Hall–Kier alpha value is -0.610. The first kappa shape index (κ1) is 12.5. The van der Waals surface area contributed by atoms with Crippen molar-refractivity contribution >= 4 is 5.97 Å². The van der Waals surface area contributed by atoms with Crippen LogP contribution < -0.4 is 5.90 Å². The van der Waals surface area contributed by atoms with Gasteiger partial charge in [-0.25, -0.2) is 5.90 Å². The van der Waals surface area contributed by atoms with Gasteiger partial charge in [0.15, 0.2) is 0 Å². The van der Waals surface area contributed by atoms with Crippen LogP contribution in [-0.4, -0.2) is 19.7 Å². The molecule has 0 aromatic heterocycles. The number of esters is 1. The fourth-order valence-corrected chi connectivity index (χ4v) is 2.36. The van der Waals surface area contributed by atoms with Crippen molar-refractivity contribution in [3.8, 4) is 0 Å². The molecule has 1 aliphatic rings. The number of rotatable bonds is 4. The summed E-state index contributed by atoms with van der Waals surface area (Å²) in [5.74, 6) is 5.07. The van der Waals surface area contributed by atoms with E-state index in [1.807, 2.05) is 0 Å². The molecule has 1 saturated carbocycles. The fraction of sp³-hybridized carbons (Fsp3) is 0.909. The fourth-order valence-electron chi connectivity index (χ4n) is 2.36. The van der Waals surface area contributed by atoms with Crippen LogP contribution in [0.25, 0.3) is 0 Å². The first-order chi connectivity index (χ1) is 7.29. The van der Waals surface area contributed by atoms with Crippen LogP contribution in [0.4, 0.5) is 0 Å². The molecule has 1 atom stereocenters. The molecule has 0 heterocycles. The van der Waals surface area contributed by atoms with Gasteiger partial charge in [0, 0.05) is 0 Å². The second-order valence-corrected chi connectivity index (χ2v) is 4.21. The molecule has 0 bridgehead atoms. The first-order valence-corrected chi connectivity index (χ1v) is 5.69. The summed E-state index contributed by atoms with van der Waals surface area (Å²) < 4.78 is 4.78. The number of carbonyl (C=O) groups is 1. The van der Waals surface area contributed by atoms with E-state index in [4.69, 9.17) is 10.6 Å². The van der Waals surface area contributed by atoms with E-state index in [9.17, 15) is 4.79 Å². The normalized spacial score (nSPS) is 20.7. The SMILES string of the molecule is COC(=O)C(CON)C1CCCCCC1. The number of methoxy groups -OCH3 is 1. The number of hydrogen-bond acceptors (Lipinski definition) is 4. The standard InChI is InChI=1S/C11H21NO3/c1-14-11(13)10(8-15-12)9-6-4-2-3-5-7-9/h9-10H,2-8,12H2,1H3. The summed E-state index contributed by atoms with van der Waals surface area (Å²) in [5, 5.41) is 0. The highest BCUT2D eigenvalue weighted by atomic mass is 16.6. The Morgan fingerprint density at radius 1 is 1.33 bits per heavy atom. The smallest absolute Gasteiger partial charge is 0.311 e. The van der Waals surface area contributed by atoms with Crippen molar-refractivity contribution in [1.29, 1.82) is 0 Å². The van der Waals surface area contributed by atoms with E-state index in [2.05, 4.69) is 4.84 Å². The lowest BCUT2D eigenvalue weighted by atomic mass is 9.86. The van der Waals surface area contributed by atoms with Crippen molar-refractivity contribution in [3.05, 3.63) is 0 Å². The minimum absolute atomic E-state index is 0.182. The average Bonchev–Trinajstić information content (AvgIpc) is 2.53. The van der Waals surface area contributed by atoms with Crippen LogP contribution in [0.2, 0.25) is 0 Å². The lowest BCUT2D eigenvalue weighted by Gasteiger charge is -2.22. The zero-order valence-corrected chi connectivity index (χ0v) is 9.41. The van der Waals surface area contributed by atoms with Gasteiger partial charge in [-0.1, -0.05) is 25.7 Å². The lowest BCUT2D eigenvalue weighted by Crippen LogP contribution is -2.30. The Kier molecular flexibility index (Phi) is 5.65. The monoisotopic (exact) mass is 215 g/mol. The van der Waals surface area contributed by atoms with Crippen LogP contribution in [0.5, 0.6) is 0 Å². The highest BCUT2D eigenvalue weighted by Gasteiger charge is 2.29. The van der Waals surface area contributed by atoms with Crippen LogP contribution in [0, 0.1) is 11.8 Å². The zero-order chi connectivity index (χ0) is 11.1. The summed E-state index contributed by atoms with van der Waals surface area (Å²) >= 11 is 0. The second-order valence-electron chi connectivity index (χ2n) is 4.21. The van der Waals surface area contributed by atoms with Crippen molar-refractivity contribution in [3.63, 3.8) is 0 Å². The maximum absolute atomic E-state index is 11.6. The third kappa shape index (κ3) is 3.80. The van der Waals surface area contributed by atoms with Gasteiger partial charge < -0.3 is 9.57 Å². The average molecular weight is 215 g/mol. The molecule has 0 aromatic carbocycles. The van der Waals surface area contributed by atoms with E-state index in [1.165, 1.54) is 32.8 Å².